The molecule has 0 aromatic rings. The highest BCUT2D eigenvalue weighted by Crippen LogP contribution is 2.33. The van der Waals surface area contributed by atoms with Crippen molar-refractivity contribution in [1.82, 2.24) is 10.6 Å². The molecular formula is C13H27ClN2O2. The van der Waals surface area contributed by atoms with Gasteiger partial charge < -0.3 is 15.4 Å². The number of ether oxygens (including phenoxy) is 1. The van der Waals surface area contributed by atoms with Gasteiger partial charge in [-0.3, -0.25) is 4.79 Å². The van der Waals surface area contributed by atoms with E-state index in [9.17, 15) is 4.79 Å². The first kappa shape index (κ1) is 17.7. The average molecular weight is 279 g/mol. The van der Waals surface area contributed by atoms with E-state index < -0.39 is 0 Å². The molecule has 0 saturated carbocycles. The van der Waals surface area contributed by atoms with Crippen LogP contribution >= 0.6 is 12.4 Å². The van der Waals surface area contributed by atoms with E-state index >= 15 is 0 Å². The molecule has 2 N–H and O–H groups in total. The Morgan fingerprint density at radius 3 is 2.61 bits per heavy atom. The molecule has 0 bridgehead atoms. The Bertz CT molecular complexity index is 254. The monoisotopic (exact) mass is 278 g/mol. The van der Waals surface area contributed by atoms with E-state index in [-0.39, 0.29) is 29.8 Å². The maximum absolute atomic E-state index is 11.4. The summed E-state index contributed by atoms with van der Waals surface area (Å²) in [6.07, 6.45) is 2.48. The van der Waals surface area contributed by atoms with Crippen molar-refractivity contribution in [3.63, 3.8) is 0 Å². The zero-order chi connectivity index (χ0) is 12.9. The van der Waals surface area contributed by atoms with E-state index in [1.165, 1.54) is 0 Å². The number of carbonyl (C=O) groups excluding carboxylic acids is 1. The summed E-state index contributed by atoms with van der Waals surface area (Å²) in [5.41, 5.74) is 0.138. The summed E-state index contributed by atoms with van der Waals surface area (Å²) >= 11 is 0. The Hall–Kier alpha value is -0.320. The third-order valence-electron chi connectivity index (χ3n) is 3.20. The van der Waals surface area contributed by atoms with Gasteiger partial charge >= 0.3 is 0 Å². The quantitative estimate of drug-likeness (QED) is 0.821. The molecule has 4 nitrogen and oxygen atoms in total. The van der Waals surface area contributed by atoms with Gasteiger partial charge in [-0.25, -0.2) is 0 Å². The summed E-state index contributed by atoms with van der Waals surface area (Å²) in [4.78, 5) is 11.4. The number of likely N-dealkylation sites (N-methyl/N-ethyl adjacent to an activating group) is 1. The molecule has 1 saturated heterocycles. The Labute approximate surface area is 117 Å². The highest BCUT2D eigenvalue weighted by Gasteiger charge is 2.35. The summed E-state index contributed by atoms with van der Waals surface area (Å²) in [7, 11) is 1.78. The standard InChI is InChI=1S/C13H26N2O2.ClH/c1-13(2,3)12-10(6-5-7-17-12)8-15-11(16)9-14-4;/h10,12,14H,5-9H2,1-4H3,(H,15,16);1H. The lowest BCUT2D eigenvalue weighted by Gasteiger charge is -2.40. The maximum Gasteiger partial charge on any atom is 0.233 e. The summed E-state index contributed by atoms with van der Waals surface area (Å²) in [5.74, 6) is 0.496. The molecule has 0 spiro atoms. The lowest BCUT2D eigenvalue weighted by Crippen LogP contribution is -2.46. The van der Waals surface area contributed by atoms with Crippen LogP contribution in [0.5, 0.6) is 0 Å². The molecule has 1 heterocycles. The van der Waals surface area contributed by atoms with E-state index in [1.54, 1.807) is 7.05 Å². The van der Waals surface area contributed by atoms with Crippen LogP contribution < -0.4 is 10.6 Å². The normalized spacial score (nSPS) is 24.2. The Kier molecular flexibility index (Phi) is 7.83. The van der Waals surface area contributed by atoms with Crippen LogP contribution in [0.15, 0.2) is 0 Å². The minimum Gasteiger partial charge on any atom is -0.377 e. The molecule has 108 valence electrons. The highest BCUT2D eigenvalue weighted by atomic mass is 35.5. The smallest absolute Gasteiger partial charge is 0.233 e. The molecule has 0 radical (unpaired) electrons. The van der Waals surface area contributed by atoms with Crippen LogP contribution in [0.4, 0.5) is 0 Å². The molecule has 0 aliphatic carbocycles. The molecule has 1 aliphatic rings. The highest BCUT2D eigenvalue weighted by molar-refractivity contribution is 5.85. The first-order valence-corrected chi connectivity index (χ1v) is 6.48. The van der Waals surface area contributed by atoms with Crippen molar-refractivity contribution in [3.8, 4) is 0 Å². The van der Waals surface area contributed by atoms with Crippen LogP contribution in [0.1, 0.15) is 33.6 Å². The molecule has 0 aromatic heterocycles. The second-order valence-corrected chi connectivity index (χ2v) is 5.89. The Morgan fingerprint density at radius 2 is 2.06 bits per heavy atom. The molecule has 1 aliphatic heterocycles. The first-order chi connectivity index (χ1) is 7.95. The molecule has 5 heteroatoms. The van der Waals surface area contributed by atoms with E-state index in [1.807, 2.05) is 0 Å². The van der Waals surface area contributed by atoms with Crippen molar-refractivity contribution >= 4 is 18.3 Å². The number of nitrogens with one attached hydrogen (secondary N) is 2. The van der Waals surface area contributed by atoms with Gasteiger partial charge in [0.05, 0.1) is 12.6 Å². The number of rotatable bonds is 4. The van der Waals surface area contributed by atoms with Gasteiger partial charge in [0.2, 0.25) is 5.91 Å². The van der Waals surface area contributed by atoms with Gasteiger partial charge in [-0.05, 0) is 25.3 Å². The number of hydrogen-bond donors (Lipinski definition) is 2. The SMILES string of the molecule is CNCC(=O)NCC1CCCOC1C(C)(C)C.Cl. The van der Waals surface area contributed by atoms with Crippen LogP contribution in [0, 0.1) is 11.3 Å². The van der Waals surface area contributed by atoms with Crippen molar-refractivity contribution in [1.29, 1.82) is 0 Å². The van der Waals surface area contributed by atoms with E-state index in [2.05, 4.69) is 31.4 Å². The van der Waals surface area contributed by atoms with Crippen molar-refractivity contribution in [2.75, 3.05) is 26.7 Å². The summed E-state index contributed by atoms with van der Waals surface area (Å²) in [6, 6.07) is 0. The molecule has 2 unspecified atom stereocenters. The predicted molar refractivity (Wildman–Crippen MR) is 76.1 cm³/mol. The molecule has 1 rings (SSSR count). The molecular weight excluding hydrogens is 252 g/mol. The predicted octanol–water partition coefficient (Wildman–Crippen LogP) is 1.59. The second kappa shape index (κ2) is 7.97. The molecule has 0 aromatic carbocycles. The Morgan fingerprint density at radius 1 is 1.39 bits per heavy atom. The van der Waals surface area contributed by atoms with E-state index in [0.717, 1.165) is 26.0 Å². The van der Waals surface area contributed by atoms with E-state index in [0.29, 0.717) is 12.5 Å². The van der Waals surface area contributed by atoms with Gasteiger partial charge in [0, 0.05) is 19.1 Å². The molecule has 2 atom stereocenters. The largest absolute Gasteiger partial charge is 0.377 e. The zero-order valence-electron chi connectivity index (χ0n) is 11.9. The molecule has 1 fully saturated rings. The van der Waals surface area contributed by atoms with Crippen molar-refractivity contribution < 1.29 is 9.53 Å². The van der Waals surface area contributed by atoms with Crippen LogP contribution in [-0.4, -0.2) is 38.8 Å². The number of amides is 1. The molecule has 18 heavy (non-hydrogen) atoms. The average Bonchev–Trinajstić information content (AvgIpc) is 2.26. The van der Waals surface area contributed by atoms with Crippen LogP contribution in [0.2, 0.25) is 0 Å². The second-order valence-electron chi connectivity index (χ2n) is 5.89. The van der Waals surface area contributed by atoms with Crippen molar-refractivity contribution in [3.05, 3.63) is 0 Å². The number of hydrogen-bond acceptors (Lipinski definition) is 3. The fourth-order valence-corrected chi connectivity index (χ4v) is 2.48. The third-order valence-corrected chi connectivity index (χ3v) is 3.20. The van der Waals surface area contributed by atoms with Gasteiger partial charge in [-0.2, -0.15) is 0 Å². The van der Waals surface area contributed by atoms with Crippen molar-refractivity contribution in [2.45, 2.75) is 39.7 Å². The van der Waals surface area contributed by atoms with Gasteiger partial charge in [0.1, 0.15) is 0 Å². The van der Waals surface area contributed by atoms with E-state index in [4.69, 9.17) is 4.74 Å². The van der Waals surface area contributed by atoms with Crippen LogP contribution in [0.3, 0.4) is 0 Å². The molecule has 1 amide bonds. The first-order valence-electron chi connectivity index (χ1n) is 6.48. The van der Waals surface area contributed by atoms with Gasteiger partial charge in [-0.15, -0.1) is 12.4 Å². The lowest BCUT2D eigenvalue weighted by atomic mass is 9.78. The van der Waals surface area contributed by atoms with Crippen molar-refractivity contribution in [2.24, 2.45) is 11.3 Å². The Balaban J connectivity index is 0.00000289. The fourth-order valence-electron chi connectivity index (χ4n) is 2.48. The number of carbonyl (C=O) groups is 1. The summed E-state index contributed by atoms with van der Waals surface area (Å²) in [5, 5.41) is 5.83. The minimum absolute atomic E-state index is 0. The lowest BCUT2D eigenvalue weighted by molar-refractivity contribution is -0.122. The van der Waals surface area contributed by atoms with Gasteiger partial charge in [0.15, 0.2) is 0 Å². The summed E-state index contributed by atoms with van der Waals surface area (Å²) in [6.45, 7) is 8.56. The summed E-state index contributed by atoms with van der Waals surface area (Å²) < 4.78 is 5.88. The third kappa shape index (κ3) is 5.55. The zero-order valence-corrected chi connectivity index (χ0v) is 12.7. The van der Waals surface area contributed by atoms with Gasteiger partial charge in [-0.1, -0.05) is 20.8 Å². The number of halogens is 1. The maximum atomic E-state index is 11.4. The van der Waals surface area contributed by atoms with Gasteiger partial charge in [0.25, 0.3) is 0 Å². The minimum atomic E-state index is 0. The fraction of sp³-hybridized carbons (Fsp3) is 0.923. The topological polar surface area (TPSA) is 50.4 Å². The van der Waals surface area contributed by atoms with Crippen LogP contribution in [-0.2, 0) is 9.53 Å². The van der Waals surface area contributed by atoms with Crippen LogP contribution in [0.25, 0.3) is 0 Å².